The van der Waals surface area contributed by atoms with Gasteiger partial charge in [-0.1, -0.05) is 45.0 Å². The van der Waals surface area contributed by atoms with Crippen molar-refractivity contribution in [1.29, 1.82) is 0 Å². The van der Waals surface area contributed by atoms with Crippen molar-refractivity contribution in [3.8, 4) is 11.6 Å². The number of aromatic amines is 1. The molecule has 3 heterocycles. The van der Waals surface area contributed by atoms with Gasteiger partial charge in [0.1, 0.15) is 22.4 Å². The van der Waals surface area contributed by atoms with E-state index >= 15 is 0 Å². The fourth-order valence-electron chi connectivity index (χ4n) is 6.11. The Labute approximate surface area is 238 Å². The normalized spacial score (nSPS) is 22.8. The van der Waals surface area contributed by atoms with Crippen LogP contribution in [0.4, 0.5) is 5.69 Å². The minimum atomic E-state index is -2.53. The monoisotopic (exact) mass is 535 g/mol. The molecule has 6 rings (SSSR count). The Hall–Kier alpha value is -4.44. The van der Waals surface area contributed by atoms with E-state index < -0.39 is 23.4 Å². The highest BCUT2D eigenvalue weighted by Gasteiger charge is 2.66. The second kappa shape index (κ2) is 8.53. The van der Waals surface area contributed by atoms with Gasteiger partial charge in [0.25, 0.3) is 5.56 Å². The SMILES string of the molecule is [2H]C([2H])([2H])[C@@]12N=C(c3cc(Oc4ccc5cc(C)[nH]c(=O)c5n4)c(C)c([N+]#[C-])c3C)O[C@]1(C(C)(C)C)Cc1ccccc12. The smallest absolute Gasteiger partial charge is 0.274 e. The Kier molecular flexibility index (Phi) is 4.77. The zero-order valence-electron chi connectivity index (χ0n) is 26.4. The Morgan fingerprint density at radius 3 is 2.62 bits per heavy atom. The summed E-state index contributed by atoms with van der Waals surface area (Å²) in [5.41, 5.74) is 0.673. The number of aliphatic imine (C=N–C) groups is 1. The number of hydrogen-bond donors (Lipinski definition) is 1. The zero-order valence-corrected chi connectivity index (χ0v) is 23.4. The predicted molar refractivity (Wildman–Crippen MR) is 157 cm³/mol. The molecule has 1 aliphatic heterocycles. The zero-order chi connectivity index (χ0) is 31.1. The van der Waals surface area contributed by atoms with Crippen molar-refractivity contribution in [1.82, 2.24) is 9.97 Å². The molecule has 0 saturated heterocycles. The van der Waals surface area contributed by atoms with Gasteiger partial charge in [-0.3, -0.25) is 4.79 Å². The number of pyridine rings is 2. The van der Waals surface area contributed by atoms with Gasteiger partial charge < -0.3 is 14.5 Å². The largest absolute Gasteiger partial charge is 0.467 e. The molecule has 2 aliphatic rings. The molecule has 4 aromatic rings. The van der Waals surface area contributed by atoms with Crippen molar-refractivity contribution in [3.05, 3.63) is 104 Å². The quantitative estimate of drug-likeness (QED) is 0.281. The number of fused-ring (bicyclic) bond motifs is 4. The first-order chi connectivity index (χ1) is 20.1. The number of ether oxygens (including phenoxy) is 2. The number of nitrogens with one attached hydrogen (secondary N) is 1. The van der Waals surface area contributed by atoms with Crippen LogP contribution in [0.5, 0.6) is 11.6 Å². The molecule has 1 N–H and O–H groups in total. The van der Waals surface area contributed by atoms with E-state index in [0.717, 1.165) is 11.3 Å². The van der Waals surface area contributed by atoms with Gasteiger partial charge in [-0.15, -0.1) is 0 Å². The van der Waals surface area contributed by atoms with Crippen LogP contribution in [0.25, 0.3) is 15.7 Å². The van der Waals surface area contributed by atoms with Crippen molar-refractivity contribution in [3.63, 3.8) is 0 Å². The first kappa shape index (κ1) is 22.4. The highest BCUT2D eigenvalue weighted by Crippen LogP contribution is 2.60. The number of hydrogen-bond acceptors (Lipinski definition) is 5. The minimum absolute atomic E-state index is 0.159. The predicted octanol–water partition coefficient (Wildman–Crippen LogP) is 7.22. The van der Waals surface area contributed by atoms with Crippen molar-refractivity contribution < 1.29 is 13.6 Å². The van der Waals surface area contributed by atoms with Gasteiger partial charge in [0, 0.05) is 38.7 Å². The first-order valence-corrected chi connectivity index (χ1v) is 13.2. The van der Waals surface area contributed by atoms with Crippen LogP contribution < -0.4 is 10.3 Å². The molecular weight excluding hydrogens is 500 g/mol. The third-order valence-corrected chi connectivity index (χ3v) is 8.30. The van der Waals surface area contributed by atoms with E-state index in [-0.39, 0.29) is 22.9 Å². The minimum Gasteiger partial charge on any atom is -0.467 e. The highest BCUT2D eigenvalue weighted by atomic mass is 16.5. The van der Waals surface area contributed by atoms with Gasteiger partial charge in [-0.25, -0.2) is 14.8 Å². The lowest BCUT2D eigenvalue weighted by molar-refractivity contribution is -0.0673. The molecule has 0 amide bonds. The molecule has 0 spiro atoms. The number of rotatable bonds is 3. The first-order valence-electron chi connectivity index (χ1n) is 14.7. The molecule has 2 aromatic heterocycles. The van der Waals surface area contributed by atoms with Gasteiger partial charge in [0.15, 0.2) is 5.69 Å². The van der Waals surface area contributed by atoms with Crippen LogP contribution in [0.3, 0.4) is 0 Å². The van der Waals surface area contributed by atoms with Crippen LogP contribution in [-0.4, -0.2) is 21.5 Å². The van der Waals surface area contributed by atoms with Crippen molar-refractivity contribution in [2.75, 3.05) is 0 Å². The van der Waals surface area contributed by atoms with E-state index in [9.17, 15) is 4.79 Å². The third kappa shape index (κ3) is 3.52. The van der Waals surface area contributed by atoms with Crippen LogP contribution in [-0.2, 0) is 16.7 Å². The maximum atomic E-state index is 12.6. The Morgan fingerprint density at radius 1 is 1.12 bits per heavy atom. The van der Waals surface area contributed by atoms with Gasteiger partial charge in [0.2, 0.25) is 11.8 Å². The lowest BCUT2D eigenvalue weighted by atomic mass is 9.66. The maximum absolute atomic E-state index is 12.6. The van der Waals surface area contributed by atoms with E-state index in [1.54, 1.807) is 39.0 Å². The van der Waals surface area contributed by atoms with Crippen LogP contribution >= 0.6 is 0 Å². The van der Waals surface area contributed by atoms with E-state index in [0.29, 0.717) is 45.5 Å². The molecule has 0 radical (unpaired) electrons. The van der Waals surface area contributed by atoms with Crippen LogP contribution in [0.2, 0.25) is 0 Å². The van der Waals surface area contributed by atoms with E-state index in [2.05, 4.69) is 14.8 Å². The topological polar surface area (TPSA) is 80.9 Å². The number of aromatic nitrogens is 2. The van der Waals surface area contributed by atoms with Gasteiger partial charge in [-0.2, -0.15) is 0 Å². The molecule has 1 aliphatic carbocycles. The number of aryl methyl sites for hydroxylation is 1. The number of nitrogens with zero attached hydrogens (tertiary/aromatic N) is 3. The van der Waals surface area contributed by atoms with Crippen LogP contribution in [0, 0.1) is 32.8 Å². The second-order valence-electron chi connectivity index (χ2n) is 11.7. The molecule has 0 saturated carbocycles. The third-order valence-electron chi connectivity index (χ3n) is 8.30. The highest BCUT2D eigenvalue weighted by molar-refractivity contribution is 6.00. The molecule has 0 unspecified atom stereocenters. The molecule has 0 fully saturated rings. The molecular formula is C33H32N4O3. The average Bonchev–Trinajstić information content (AvgIpc) is 3.42. The summed E-state index contributed by atoms with van der Waals surface area (Å²) in [6.45, 7) is 16.7. The van der Waals surface area contributed by atoms with Gasteiger partial charge in [0.05, 0.1) is 6.57 Å². The average molecular weight is 536 g/mol. The van der Waals surface area contributed by atoms with Gasteiger partial charge >= 0.3 is 0 Å². The molecule has 7 heteroatoms. The summed E-state index contributed by atoms with van der Waals surface area (Å²) in [6, 6.07) is 14.5. The summed E-state index contributed by atoms with van der Waals surface area (Å²) >= 11 is 0. The van der Waals surface area contributed by atoms with Gasteiger partial charge in [-0.05, 0) is 68.1 Å². The fraction of sp³-hybridized carbons (Fsp3) is 0.333. The van der Waals surface area contributed by atoms with Crippen molar-refractivity contribution in [2.45, 2.75) is 66.0 Å². The van der Waals surface area contributed by atoms with Crippen molar-refractivity contribution in [2.24, 2.45) is 10.4 Å². The lowest BCUT2D eigenvalue weighted by Crippen LogP contribution is -2.54. The number of H-pyrrole nitrogens is 1. The molecule has 40 heavy (non-hydrogen) atoms. The van der Waals surface area contributed by atoms with E-state index in [1.807, 2.05) is 51.1 Å². The molecule has 2 aromatic carbocycles. The maximum Gasteiger partial charge on any atom is 0.274 e. The molecule has 0 bridgehead atoms. The summed E-state index contributed by atoms with van der Waals surface area (Å²) in [6.07, 6.45) is 0.372. The van der Waals surface area contributed by atoms with Crippen LogP contribution in [0.1, 0.15) is 65.2 Å². The Balaban J connectivity index is 1.55. The summed E-state index contributed by atoms with van der Waals surface area (Å²) in [5.74, 6) is 0.672. The molecule has 7 nitrogen and oxygen atoms in total. The molecule has 202 valence electrons. The standard InChI is InChI=1S/C33H32N4O3/c1-18-15-21-13-14-26(36-28(21)29(38)35-18)39-25-16-23(19(2)27(34-8)20(25)3)30-37-32(7)24-12-10-9-11-22(24)17-33(32,40-30)31(4,5)6/h9-16H,17H2,1-7H3,(H,35,38)/t32-,33-/m0/s1/i7D3. The Morgan fingerprint density at radius 2 is 1.90 bits per heavy atom. The van der Waals surface area contributed by atoms with E-state index in [4.69, 9.17) is 25.2 Å². The summed E-state index contributed by atoms with van der Waals surface area (Å²) in [4.78, 5) is 28.5. The second-order valence-corrected chi connectivity index (χ2v) is 11.7. The molecule has 2 atom stereocenters. The summed E-state index contributed by atoms with van der Waals surface area (Å²) in [7, 11) is 0. The summed E-state index contributed by atoms with van der Waals surface area (Å²) < 4.78 is 39.5. The van der Waals surface area contributed by atoms with Crippen LogP contribution in [0.15, 0.2) is 58.3 Å². The Bertz CT molecular complexity index is 1970. The summed E-state index contributed by atoms with van der Waals surface area (Å²) in [5, 5.41) is 0.680. The lowest BCUT2D eigenvalue weighted by Gasteiger charge is -2.45. The van der Waals surface area contributed by atoms with Crippen molar-refractivity contribution >= 4 is 22.5 Å². The number of benzene rings is 2. The van der Waals surface area contributed by atoms with E-state index in [1.165, 1.54) is 0 Å². The fourth-order valence-corrected chi connectivity index (χ4v) is 6.11.